The molecular formula is C21H24ClFN2O3. The molecule has 0 spiro atoms. The van der Waals surface area contributed by atoms with Gasteiger partial charge in [-0.05, 0) is 63.1 Å². The Hall–Kier alpha value is -2.34. The number of hydrogen-bond acceptors (Lipinski definition) is 4. The van der Waals surface area contributed by atoms with Crippen LogP contribution in [0, 0.1) is 5.82 Å². The molecule has 0 radical (unpaired) electrons. The van der Waals surface area contributed by atoms with Crippen molar-refractivity contribution in [2.45, 2.75) is 45.3 Å². The first kappa shape index (κ1) is 20.4. The number of amides is 1. The second-order valence-corrected chi connectivity index (χ2v) is 8.29. The first-order valence-corrected chi connectivity index (χ1v) is 9.60. The number of pyridine rings is 1. The van der Waals surface area contributed by atoms with Crippen LogP contribution in [0.5, 0.6) is 5.75 Å². The summed E-state index contributed by atoms with van der Waals surface area (Å²) >= 11 is 5.75. The van der Waals surface area contributed by atoms with Crippen LogP contribution in [0.25, 0.3) is 0 Å². The Labute approximate surface area is 169 Å². The van der Waals surface area contributed by atoms with E-state index in [0.29, 0.717) is 23.8 Å². The fraction of sp³-hybridized carbons (Fsp3) is 0.429. The lowest BCUT2D eigenvalue weighted by molar-refractivity contribution is 0.0292. The number of ether oxygens (including phenoxy) is 2. The van der Waals surface area contributed by atoms with Gasteiger partial charge in [0.25, 0.3) is 0 Å². The Morgan fingerprint density at radius 3 is 2.82 bits per heavy atom. The van der Waals surface area contributed by atoms with E-state index < -0.39 is 11.4 Å². The van der Waals surface area contributed by atoms with E-state index in [-0.39, 0.29) is 24.4 Å². The van der Waals surface area contributed by atoms with Crippen molar-refractivity contribution >= 4 is 17.7 Å². The second-order valence-electron chi connectivity index (χ2n) is 7.86. The standard InChI is InChI=1S/C21H24ClFN2O3/c1-21(2,3)28-20(26)25-9-7-15(12-25)14-6-8-24-17(10-14)13-27-19-5-4-16(22)11-18(19)23/h4-6,8,10-11,15H,7,9,12-13H2,1-3H3/t15-/m0/s1. The lowest BCUT2D eigenvalue weighted by atomic mass is 9.99. The molecule has 2 aromatic rings. The molecule has 3 rings (SSSR count). The van der Waals surface area contributed by atoms with Crippen LogP contribution in [0.3, 0.4) is 0 Å². The van der Waals surface area contributed by atoms with Gasteiger partial charge in [0.15, 0.2) is 11.6 Å². The summed E-state index contributed by atoms with van der Waals surface area (Å²) < 4.78 is 24.8. The maximum atomic E-state index is 13.8. The van der Waals surface area contributed by atoms with E-state index >= 15 is 0 Å². The number of benzene rings is 1. The van der Waals surface area contributed by atoms with E-state index in [1.54, 1.807) is 17.2 Å². The normalized spacial score (nSPS) is 16.9. The Morgan fingerprint density at radius 2 is 2.11 bits per heavy atom. The molecule has 1 amide bonds. The van der Waals surface area contributed by atoms with Crippen LogP contribution in [0.2, 0.25) is 5.02 Å². The molecule has 5 nitrogen and oxygen atoms in total. The lowest BCUT2D eigenvalue weighted by Crippen LogP contribution is -2.35. The van der Waals surface area contributed by atoms with Gasteiger partial charge in [-0.15, -0.1) is 0 Å². The summed E-state index contributed by atoms with van der Waals surface area (Å²) in [5.74, 6) is -0.164. The first-order chi connectivity index (χ1) is 13.2. The van der Waals surface area contributed by atoms with Crippen LogP contribution in [0.1, 0.15) is 44.4 Å². The molecule has 1 aromatic carbocycles. The number of hydrogen-bond donors (Lipinski definition) is 0. The first-order valence-electron chi connectivity index (χ1n) is 9.22. The van der Waals surface area contributed by atoms with Gasteiger partial charge in [0.2, 0.25) is 0 Å². The van der Waals surface area contributed by atoms with E-state index in [1.165, 1.54) is 12.1 Å². The van der Waals surface area contributed by atoms with Crippen molar-refractivity contribution in [3.05, 3.63) is 58.6 Å². The number of carbonyl (C=O) groups excluding carboxylic acids is 1. The van der Waals surface area contributed by atoms with E-state index in [4.69, 9.17) is 21.1 Å². The summed E-state index contributed by atoms with van der Waals surface area (Å²) in [7, 11) is 0. The van der Waals surface area contributed by atoms with Gasteiger partial charge in [-0.2, -0.15) is 0 Å². The van der Waals surface area contributed by atoms with Gasteiger partial charge in [-0.3, -0.25) is 4.98 Å². The zero-order valence-electron chi connectivity index (χ0n) is 16.2. The van der Waals surface area contributed by atoms with Crippen molar-refractivity contribution in [1.29, 1.82) is 0 Å². The molecule has 0 unspecified atom stereocenters. The summed E-state index contributed by atoms with van der Waals surface area (Å²) in [5.41, 5.74) is 1.27. The highest BCUT2D eigenvalue weighted by atomic mass is 35.5. The van der Waals surface area contributed by atoms with E-state index in [9.17, 15) is 9.18 Å². The third kappa shape index (κ3) is 5.35. The average molecular weight is 407 g/mol. The van der Waals surface area contributed by atoms with Gasteiger partial charge >= 0.3 is 6.09 Å². The summed E-state index contributed by atoms with van der Waals surface area (Å²) in [6.45, 7) is 6.98. The van der Waals surface area contributed by atoms with Crippen LogP contribution in [0.15, 0.2) is 36.5 Å². The van der Waals surface area contributed by atoms with Crippen molar-refractivity contribution in [2.75, 3.05) is 13.1 Å². The van der Waals surface area contributed by atoms with Crippen LogP contribution in [-0.2, 0) is 11.3 Å². The molecule has 1 saturated heterocycles. The zero-order chi connectivity index (χ0) is 20.3. The molecule has 150 valence electrons. The van der Waals surface area contributed by atoms with Gasteiger partial charge < -0.3 is 14.4 Å². The van der Waals surface area contributed by atoms with Crippen LogP contribution in [0.4, 0.5) is 9.18 Å². The molecule has 1 aromatic heterocycles. The molecule has 7 heteroatoms. The van der Waals surface area contributed by atoms with Gasteiger partial charge in [0, 0.05) is 30.2 Å². The second kappa shape index (κ2) is 8.35. The smallest absolute Gasteiger partial charge is 0.410 e. The fourth-order valence-corrected chi connectivity index (χ4v) is 3.26. The maximum absolute atomic E-state index is 13.8. The monoisotopic (exact) mass is 406 g/mol. The molecule has 28 heavy (non-hydrogen) atoms. The number of halogens is 2. The molecule has 1 aliphatic rings. The molecule has 1 fully saturated rings. The predicted molar refractivity (Wildman–Crippen MR) is 105 cm³/mol. The number of rotatable bonds is 4. The number of carbonyl (C=O) groups is 1. The van der Waals surface area contributed by atoms with Gasteiger partial charge in [0.1, 0.15) is 12.2 Å². The predicted octanol–water partition coefficient (Wildman–Crippen LogP) is 5.18. The molecule has 2 heterocycles. The van der Waals surface area contributed by atoms with Gasteiger partial charge in [-0.1, -0.05) is 11.6 Å². The lowest BCUT2D eigenvalue weighted by Gasteiger charge is -2.24. The third-order valence-corrected chi connectivity index (χ3v) is 4.66. The minimum Gasteiger partial charge on any atom is -0.484 e. The van der Waals surface area contributed by atoms with Crippen molar-refractivity contribution in [2.24, 2.45) is 0 Å². The van der Waals surface area contributed by atoms with Crippen molar-refractivity contribution in [3.63, 3.8) is 0 Å². The Morgan fingerprint density at radius 1 is 1.32 bits per heavy atom. The molecule has 0 saturated carbocycles. The maximum Gasteiger partial charge on any atom is 0.410 e. The number of nitrogens with zero attached hydrogens (tertiary/aromatic N) is 2. The topological polar surface area (TPSA) is 51.7 Å². The summed E-state index contributed by atoms with van der Waals surface area (Å²) in [6, 6.07) is 8.17. The highest BCUT2D eigenvalue weighted by Crippen LogP contribution is 2.29. The van der Waals surface area contributed by atoms with Gasteiger partial charge in [0.05, 0.1) is 5.69 Å². The van der Waals surface area contributed by atoms with Crippen LogP contribution >= 0.6 is 11.6 Å². The molecule has 0 N–H and O–H groups in total. The Kier molecular flexibility index (Phi) is 6.08. The molecular weight excluding hydrogens is 383 g/mol. The minimum atomic E-state index is -0.507. The summed E-state index contributed by atoms with van der Waals surface area (Å²) in [4.78, 5) is 18.3. The van der Waals surface area contributed by atoms with E-state index in [0.717, 1.165) is 12.0 Å². The zero-order valence-corrected chi connectivity index (χ0v) is 17.0. The minimum absolute atomic E-state index is 0.133. The van der Waals surface area contributed by atoms with Crippen molar-refractivity contribution in [3.8, 4) is 5.75 Å². The SMILES string of the molecule is CC(C)(C)OC(=O)N1CC[C@H](c2ccnc(COc3ccc(Cl)cc3F)c2)C1. The highest BCUT2D eigenvalue weighted by Gasteiger charge is 2.30. The van der Waals surface area contributed by atoms with Crippen LogP contribution in [-0.4, -0.2) is 34.7 Å². The van der Waals surface area contributed by atoms with Crippen molar-refractivity contribution < 1.29 is 18.7 Å². The van der Waals surface area contributed by atoms with Crippen molar-refractivity contribution in [1.82, 2.24) is 9.88 Å². The molecule has 0 bridgehead atoms. The largest absolute Gasteiger partial charge is 0.484 e. The Balaban J connectivity index is 1.61. The molecule has 1 aliphatic heterocycles. The van der Waals surface area contributed by atoms with Gasteiger partial charge in [-0.25, -0.2) is 9.18 Å². The highest BCUT2D eigenvalue weighted by molar-refractivity contribution is 6.30. The third-order valence-electron chi connectivity index (χ3n) is 4.42. The molecule has 1 atom stereocenters. The van der Waals surface area contributed by atoms with E-state index in [2.05, 4.69) is 4.98 Å². The quantitative estimate of drug-likeness (QED) is 0.702. The molecule has 0 aliphatic carbocycles. The summed E-state index contributed by atoms with van der Waals surface area (Å²) in [5, 5.41) is 0.320. The Bertz CT molecular complexity index is 854. The average Bonchev–Trinajstić information content (AvgIpc) is 3.10. The number of likely N-dealkylation sites (tertiary alicyclic amines) is 1. The fourth-order valence-electron chi connectivity index (χ4n) is 3.10. The van der Waals surface area contributed by atoms with E-state index in [1.807, 2.05) is 32.9 Å². The number of aromatic nitrogens is 1. The summed E-state index contributed by atoms with van der Waals surface area (Å²) in [6.07, 6.45) is 2.28. The van der Waals surface area contributed by atoms with Crippen LogP contribution < -0.4 is 4.74 Å².